The molecule has 2 rings (SSSR count). The summed E-state index contributed by atoms with van der Waals surface area (Å²) in [6.07, 6.45) is -3.04. The van der Waals surface area contributed by atoms with E-state index in [0.29, 0.717) is 13.0 Å². The van der Waals surface area contributed by atoms with Crippen molar-refractivity contribution >= 4 is 11.7 Å². The molecule has 1 aromatic rings. The molecule has 3 unspecified atom stereocenters. The van der Waals surface area contributed by atoms with Crippen molar-refractivity contribution < 1.29 is 18.0 Å². The van der Waals surface area contributed by atoms with E-state index in [4.69, 9.17) is 0 Å². The molecule has 1 fully saturated rings. The average molecular weight is 316 g/mol. The summed E-state index contributed by atoms with van der Waals surface area (Å²) in [7, 11) is 1.38. The van der Waals surface area contributed by atoms with E-state index in [0.717, 1.165) is 6.20 Å². The Balaban J connectivity index is 2.30. The van der Waals surface area contributed by atoms with Crippen molar-refractivity contribution in [3.05, 3.63) is 17.6 Å². The van der Waals surface area contributed by atoms with Crippen LogP contribution < -0.4 is 10.6 Å². The van der Waals surface area contributed by atoms with E-state index in [1.54, 1.807) is 0 Å². The third-order valence-corrected chi connectivity index (χ3v) is 4.01. The highest BCUT2D eigenvalue weighted by atomic mass is 19.4. The molecule has 1 heterocycles. The second kappa shape index (κ2) is 6.10. The van der Waals surface area contributed by atoms with Crippen LogP contribution in [0.3, 0.4) is 0 Å². The molecular weight excluding hydrogens is 297 g/mol. The van der Waals surface area contributed by atoms with Crippen molar-refractivity contribution in [2.75, 3.05) is 18.9 Å². The number of carbonyl (C=O) groups is 1. The van der Waals surface area contributed by atoms with Crippen molar-refractivity contribution in [1.82, 2.24) is 15.3 Å². The molecule has 0 aromatic carbocycles. The fraction of sp³-hybridized carbons (Fsp3) is 0.643. The lowest BCUT2D eigenvalue weighted by atomic mass is 9.64. The Morgan fingerprint density at radius 1 is 1.45 bits per heavy atom. The minimum Gasteiger partial charge on any atom is -0.373 e. The number of nitrogens with zero attached hydrogens (tertiary/aromatic N) is 2. The lowest BCUT2D eigenvalue weighted by Gasteiger charge is -2.40. The maximum absolute atomic E-state index is 12.9. The van der Waals surface area contributed by atoms with Gasteiger partial charge in [-0.2, -0.15) is 13.2 Å². The highest BCUT2D eigenvalue weighted by Crippen LogP contribution is 2.47. The van der Waals surface area contributed by atoms with E-state index in [-0.39, 0.29) is 35.3 Å². The fourth-order valence-electron chi connectivity index (χ4n) is 2.86. The average Bonchev–Trinajstić information content (AvgIpc) is 2.43. The van der Waals surface area contributed by atoms with Crippen molar-refractivity contribution in [3.63, 3.8) is 0 Å². The summed E-state index contributed by atoms with van der Waals surface area (Å²) in [5.74, 6) is -0.440. The van der Waals surface area contributed by atoms with E-state index in [1.807, 2.05) is 13.8 Å². The van der Waals surface area contributed by atoms with Crippen LogP contribution >= 0.6 is 0 Å². The first-order valence-corrected chi connectivity index (χ1v) is 7.19. The monoisotopic (exact) mass is 316 g/mol. The quantitative estimate of drug-likeness (QED) is 0.895. The number of halogens is 3. The van der Waals surface area contributed by atoms with Crippen LogP contribution in [0.1, 0.15) is 37.6 Å². The van der Waals surface area contributed by atoms with Gasteiger partial charge < -0.3 is 10.6 Å². The zero-order valence-electron chi connectivity index (χ0n) is 12.7. The normalized spacial score (nSPS) is 24.5. The van der Waals surface area contributed by atoms with Gasteiger partial charge in [0.15, 0.2) is 0 Å². The van der Waals surface area contributed by atoms with Crippen molar-refractivity contribution in [3.8, 4) is 0 Å². The van der Waals surface area contributed by atoms with E-state index in [1.165, 1.54) is 7.05 Å². The molecule has 0 radical (unpaired) electrons. The van der Waals surface area contributed by atoms with Crippen LogP contribution in [0.5, 0.6) is 0 Å². The molecule has 1 aliphatic carbocycles. The van der Waals surface area contributed by atoms with Gasteiger partial charge in [-0.25, -0.2) is 9.97 Å². The van der Waals surface area contributed by atoms with Crippen LogP contribution in [-0.2, 0) is 11.0 Å². The Labute approximate surface area is 126 Å². The van der Waals surface area contributed by atoms with Gasteiger partial charge in [-0.15, -0.1) is 0 Å². The molecule has 3 atom stereocenters. The Morgan fingerprint density at radius 2 is 2.14 bits per heavy atom. The molecule has 0 bridgehead atoms. The van der Waals surface area contributed by atoms with Crippen LogP contribution in [0, 0.1) is 11.8 Å². The summed E-state index contributed by atoms with van der Waals surface area (Å²) in [6, 6.07) is 0. The van der Waals surface area contributed by atoms with Crippen LogP contribution in [0.25, 0.3) is 0 Å². The zero-order chi connectivity index (χ0) is 16.5. The molecular formula is C14H19F3N4O. The van der Waals surface area contributed by atoms with Crippen LogP contribution in [0.15, 0.2) is 6.20 Å². The Morgan fingerprint density at radius 3 is 2.64 bits per heavy atom. The number of anilines is 1. The van der Waals surface area contributed by atoms with Crippen molar-refractivity contribution in [2.24, 2.45) is 11.8 Å². The van der Waals surface area contributed by atoms with Crippen LogP contribution in [-0.4, -0.2) is 29.5 Å². The van der Waals surface area contributed by atoms with Gasteiger partial charge in [0.05, 0.1) is 0 Å². The Bertz CT molecular complexity index is 562. The molecule has 1 amide bonds. The summed E-state index contributed by atoms with van der Waals surface area (Å²) in [5, 5.41) is 5.20. The van der Waals surface area contributed by atoms with Gasteiger partial charge in [0, 0.05) is 31.6 Å². The van der Waals surface area contributed by atoms with Crippen LogP contribution in [0.4, 0.5) is 19.0 Å². The molecule has 0 aliphatic heterocycles. The van der Waals surface area contributed by atoms with E-state index < -0.39 is 11.7 Å². The highest BCUT2D eigenvalue weighted by Gasteiger charge is 2.46. The minimum atomic E-state index is -4.51. The van der Waals surface area contributed by atoms with E-state index in [2.05, 4.69) is 20.6 Å². The topological polar surface area (TPSA) is 66.9 Å². The lowest BCUT2D eigenvalue weighted by molar-refractivity contribution is -0.137. The SMILES string of the molecule is CCNC(=O)C1CC(C)C1c1ncc(C(F)(F)F)c(NC)n1. The zero-order valence-corrected chi connectivity index (χ0v) is 12.7. The van der Waals surface area contributed by atoms with Crippen molar-refractivity contribution in [2.45, 2.75) is 32.4 Å². The number of carbonyl (C=O) groups excluding carboxylic acids is 1. The standard InChI is InChI=1S/C14H19F3N4O/c1-4-19-13(22)8-5-7(2)10(8)12-20-6-9(14(15,16)17)11(18-3)21-12/h6-8,10H,4-5H2,1-3H3,(H,19,22)(H,18,20,21). The molecule has 0 spiro atoms. The number of aromatic nitrogens is 2. The second-order valence-electron chi connectivity index (χ2n) is 5.48. The highest BCUT2D eigenvalue weighted by molar-refractivity contribution is 5.80. The maximum Gasteiger partial charge on any atom is 0.421 e. The molecule has 0 saturated heterocycles. The molecule has 2 N–H and O–H groups in total. The van der Waals surface area contributed by atoms with Gasteiger partial charge in [-0.3, -0.25) is 4.79 Å². The molecule has 8 heteroatoms. The molecule has 1 aliphatic rings. The molecule has 5 nitrogen and oxygen atoms in total. The van der Waals surface area contributed by atoms with E-state index in [9.17, 15) is 18.0 Å². The second-order valence-corrected chi connectivity index (χ2v) is 5.48. The predicted octanol–water partition coefficient (Wildman–Crippen LogP) is 2.41. The summed E-state index contributed by atoms with van der Waals surface area (Å²) < 4.78 is 38.6. The molecule has 1 saturated carbocycles. The fourth-order valence-corrected chi connectivity index (χ4v) is 2.86. The van der Waals surface area contributed by atoms with Crippen molar-refractivity contribution in [1.29, 1.82) is 0 Å². The van der Waals surface area contributed by atoms with Gasteiger partial charge in [-0.05, 0) is 19.3 Å². The first-order valence-electron chi connectivity index (χ1n) is 7.19. The third kappa shape index (κ3) is 3.00. The molecule has 22 heavy (non-hydrogen) atoms. The Kier molecular flexibility index (Phi) is 4.58. The van der Waals surface area contributed by atoms with Crippen LogP contribution in [0.2, 0.25) is 0 Å². The summed E-state index contributed by atoms with van der Waals surface area (Å²) >= 11 is 0. The Hall–Kier alpha value is -1.86. The smallest absolute Gasteiger partial charge is 0.373 e. The number of amides is 1. The predicted molar refractivity (Wildman–Crippen MR) is 75.3 cm³/mol. The number of nitrogens with one attached hydrogen (secondary N) is 2. The molecule has 122 valence electrons. The molecule has 1 aromatic heterocycles. The minimum absolute atomic E-state index is 0.0971. The third-order valence-electron chi connectivity index (χ3n) is 4.01. The summed E-state index contributed by atoms with van der Waals surface area (Å²) in [4.78, 5) is 19.8. The lowest BCUT2D eigenvalue weighted by Crippen LogP contribution is -2.44. The van der Waals surface area contributed by atoms with Gasteiger partial charge in [0.2, 0.25) is 5.91 Å². The van der Waals surface area contributed by atoms with Gasteiger partial charge in [0.1, 0.15) is 17.2 Å². The van der Waals surface area contributed by atoms with Gasteiger partial charge >= 0.3 is 6.18 Å². The largest absolute Gasteiger partial charge is 0.421 e. The number of rotatable bonds is 4. The first-order chi connectivity index (χ1) is 10.3. The summed E-state index contributed by atoms with van der Waals surface area (Å²) in [6.45, 7) is 4.29. The number of hydrogen-bond acceptors (Lipinski definition) is 4. The van der Waals surface area contributed by atoms with Gasteiger partial charge in [0.25, 0.3) is 0 Å². The van der Waals surface area contributed by atoms with E-state index >= 15 is 0 Å². The first kappa shape index (κ1) is 16.5. The maximum atomic E-state index is 12.9. The van der Waals surface area contributed by atoms with Gasteiger partial charge in [-0.1, -0.05) is 6.92 Å². The summed E-state index contributed by atoms with van der Waals surface area (Å²) in [5.41, 5.74) is -0.903. The number of hydrogen-bond donors (Lipinski definition) is 2. The number of alkyl halides is 3.